The molecule has 0 aromatic rings. The first-order valence-electron chi connectivity index (χ1n) is 5.08. The van der Waals surface area contributed by atoms with E-state index in [1.54, 1.807) is 0 Å². The number of fused-ring (bicyclic) bond motifs is 1. The molecule has 2 atom stereocenters. The topological polar surface area (TPSA) is 15.3 Å². The Bertz CT molecular complexity index is 205. The van der Waals surface area contributed by atoms with E-state index in [-0.39, 0.29) is 0 Å². The maximum atomic E-state index is 3.84. The van der Waals surface area contributed by atoms with Gasteiger partial charge in [-0.1, -0.05) is 22.5 Å². The summed E-state index contributed by atoms with van der Waals surface area (Å²) in [4.78, 5) is 2.62. The van der Waals surface area contributed by atoms with Gasteiger partial charge in [-0.3, -0.25) is 4.90 Å². The average Bonchev–Trinajstić information content (AvgIpc) is 2.60. The summed E-state index contributed by atoms with van der Waals surface area (Å²) in [5, 5.41) is 3.56. The number of nitrogens with zero attached hydrogens (tertiary/aromatic N) is 1. The fourth-order valence-electron chi connectivity index (χ4n) is 2.56. The predicted molar refractivity (Wildman–Crippen MR) is 59.1 cm³/mol. The fourth-order valence-corrected chi connectivity index (χ4v) is 2.72. The van der Waals surface area contributed by atoms with Gasteiger partial charge < -0.3 is 5.32 Å². The molecular formula is C10H17BrN2. The van der Waals surface area contributed by atoms with Crippen LogP contribution in [0, 0.1) is 0 Å². The molecular weight excluding hydrogens is 228 g/mol. The second-order valence-corrected chi connectivity index (χ2v) is 5.16. The van der Waals surface area contributed by atoms with E-state index < -0.39 is 0 Å². The normalized spacial score (nSPS) is 33.6. The van der Waals surface area contributed by atoms with Crippen molar-refractivity contribution in [3.8, 4) is 0 Å². The van der Waals surface area contributed by atoms with Crippen LogP contribution < -0.4 is 5.32 Å². The monoisotopic (exact) mass is 244 g/mol. The highest BCUT2D eigenvalue weighted by molar-refractivity contribution is 9.11. The first-order chi connectivity index (χ1) is 6.27. The van der Waals surface area contributed by atoms with Gasteiger partial charge in [-0.2, -0.15) is 0 Å². The Kier molecular flexibility index (Phi) is 3.06. The smallest absolute Gasteiger partial charge is 0.0268 e. The van der Waals surface area contributed by atoms with Crippen LogP contribution in [-0.4, -0.2) is 36.6 Å². The van der Waals surface area contributed by atoms with Gasteiger partial charge in [0.05, 0.1) is 0 Å². The molecule has 2 saturated heterocycles. The summed E-state index contributed by atoms with van der Waals surface area (Å²) in [6.45, 7) is 7.36. The van der Waals surface area contributed by atoms with Crippen molar-refractivity contribution in [2.24, 2.45) is 0 Å². The molecule has 0 aliphatic carbocycles. The molecule has 13 heavy (non-hydrogen) atoms. The average molecular weight is 245 g/mol. The number of hydrogen-bond donors (Lipinski definition) is 1. The first kappa shape index (κ1) is 9.69. The molecule has 0 spiro atoms. The first-order valence-corrected chi connectivity index (χ1v) is 5.87. The Balaban J connectivity index is 1.83. The molecule has 0 bridgehead atoms. The molecule has 2 unspecified atom stereocenters. The molecule has 2 heterocycles. The molecule has 74 valence electrons. The lowest BCUT2D eigenvalue weighted by molar-refractivity contribution is 0.301. The summed E-state index contributed by atoms with van der Waals surface area (Å²) >= 11 is 3.38. The molecule has 2 aliphatic heterocycles. The molecule has 2 aliphatic rings. The van der Waals surface area contributed by atoms with Crippen molar-refractivity contribution >= 4 is 15.9 Å². The van der Waals surface area contributed by atoms with Crippen molar-refractivity contribution in [2.75, 3.05) is 19.6 Å². The summed E-state index contributed by atoms with van der Waals surface area (Å²) in [5.41, 5.74) is 0. The Labute approximate surface area is 88.5 Å². The highest BCUT2D eigenvalue weighted by Crippen LogP contribution is 2.27. The van der Waals surface area contributed by atoms with Crippen molar-refractivity contribution in [1.82, 2.24) is 10.2 Å². The Hall–Kier alpha value is 0.140. The van der Waals surface area contributed by atoms with Crippen molar-refractivity contribution in [3.05, 3.63) is 11.1 Å². The number of halogens is 1. The van der Waals surface area contributed by atoms with Crippen LogP contribution in [0.2, 0.25) is 0 Å². The zero-order valence-corrected chi connectivity index (χ0v) is 9.52. The van der Waals surface area contributed by atoms with E-state index >= 15 is 0 Å². The molecule has 2 fully saturated rings. The Morgan fingerprint density at radius 2 is 2.31 bits per heavy atom. The van der Waals surface area contributed by atoms with E-state index in [1.807, 2.05) is 0 Å². The third-order valence-corrected chi connectivity index (χ3v) is 3.44. The van der Waals surface area contributed by atoms with Crippen LogP contribution in [0.25, 0.3) is 0 Å². The lowest BCUT2D eigenvalue weighted by Gasteiger charge is -2.21. The predicted octanol–water partition coefficient (Wildman–Crippen LogP) is 1.72. The van der Waals surface area contributed by atoms with E-state index in [9.17, 15) is 0 Å². The minimum atomic E-state index is 0.705. The SMILES string of the molecule is C=C(Br)CNC1CCN2CCCC12. The van der Waals surface area contributed by atoms with Gasteiger partial charge in [0.1, 0.15) is 0 Å². The van der Waals surface area contributed by atoms with E-state index in [0.717, 1.165) is 17.1 Å². The van der Waals surface area contributed by atoms with Crippen LogP contribution in [0.4, 0.5) is 0 Å². The van der Waals surface area contributed by atoms with Gasteiger partial charge in [0.15, 0.2) is 0 Å². The lowest BCUT2D eigenvalue weighted by atomic mass is 10.1. The molecule has 0 saturated carbocycles. The third kappa shape index (κ3) is 2.14. The van der Waals surface area contributed by atoms with Gasteiger partial charge in [0, 0.05) is 29.7 Å². The quantitative estimate of drug-likeness (QED) is 0.814. The molecule has 1 N–H and O–H groups in total. The van der Waals surface area contributed by atoms with Crippen molar-refractivity contribution < 1.29 is 0 Å². The summed E-state index contributed by atoms with van der Waals surface area (Å²) < 4.78 is 1.06. The van der Waals surface area contributed by atoms with Crippen LogP contribution in [0.15, 0.2) is 11.1 Å². The summed E-state index contributed by atoms with van der Waals surface area (Å²) in [6.07, 6.45) is 4.08. The van der Waals surface area contributed by atoms with Gasteiger partial charge >= 0.3 is 0 Å². The molecule has 3 heteroatoms. The van der Waals surface area contributed by atoms with Crippen LogP contribution in [-0.2, 0) is 0 Å². The van der Waals surface area contributed by atoms with E-state index in [0.29, 0.717) is 6.04 Å². The zero-order chi connectivity index (χ0) is 9.26. The maximum absolute atomic E-state index is 3.84. The minimum absolute atomic E-state index is 0.705. The molecule has 0 aromatic carbocycles. The van der Waals surface area contributed by atoms with E-state index in [2.05, 4.69) is 32.7 Å². The number of rotatable bonds is 3. The highest BCUT2D eigenvalue weighted by atomic mass is 79.9. The van der Waals surface area contributed by atoms with Gasteiger partial charge in [-0.15, -0.1) is 0 Å². The van der Waals surface area contributed by atoms with Gasteiger partial charge in [0.25, 0.3) is 0 Å². The molecule has 0 aromatic heterocycles. The van der Waals surface area contributed by atoms with Crippen LogP contribution in [0.1, 0.15) is 19.3 Å². The highest BCUT2D eigenvalue weighted by Gasteiger charge is 2.36. The maximum Gasteiger partial charge on any atom is 0.0268 e. The number of nitrogens with one attached hydrogen (secondary N) is 1. The fraction of sp³-hybridized carbons (Fsp3) is 0.800. The van der Waals surface area contributed by atoms with Crippen molar-refractivity contribution in [3.63, 3.8) is 0 Å². The van der Waals surface area contributed by atoms with Crippen molar-refractivity contribution in [1.29, 1.82) is 0 Å². The second kappa shape index (κ2) is 4.11. The zero-order valence-electron chi connectivity index (χ0n) is 7.93. The largest absolute Gasteiger partial charge is 0.308 e. The summed E-state index contributed by atoms with van der Waals surface area (Å²) in [5.74, 6) is 0. The Morgan fingerprint density at radius 1 is 1.46 bits per heavy atom. The second-order valence-electron chi connectivity index (χ2n) is 4.04. The lowest BCUT2D eigenvalue weighted by Crippen LogP contribution is -2.39. The van der Waals surface area contributed by atoms with Gasteiger partial charge in [0.2, 0.25) is 0 Å². The molecule has 0 radical (unpaired) electrons. The van der Waals surface area contributed by atoms with Gasteiger partial charge in [-0.25, -0.2) is 0 Å². The standard InChI is InChI=1S/C10H17BrN2/c1-8(11)7-12-9-4-6-13-5-2-3-10(9)13/h9-10,12H,1-7H2. The van der Waals surface area contributed by atoms with E-state index in [4.69, 9.17) is 0 Å². The van der Waals surface area contributed by atoms with Crippen molar-refractivity contribution in [2.45, 2.75) is 31.3 Å². The van der Waals surface area contributed by atoms with Gasteiger partial charge in [-0.05, 0) is 25.8 Å². The third-order valence-electron chi connectivity index (χ3n) is 3.16. The minimum Gasteiger partial charge on any atom is -0.308 e. The van der Waals surface area contributed by atoms with Crippen LogP contribution in [0.5, 0.6) is 0 Å². The van der Waals surface area contributed by atoms with Crippen LogP contribution >= 0.6 is 15.9 Å². The molecule has 2 rings (SSSR count). The van der Waals surface area contributed by atoms with E-state index in [1.165, 1.54) is 32.4 Å². The summed E-state index contributed by atoms with van der Waals surface area (Å²) in [7, 11) is 0. The molecule has 0 amide bonds. The molecule has 2 nitrogen and oxygen atoms in total. The summed E-state index contributed by atoms with van der Waals surface area (Å²) in [6, 6.07) is 1.52. The Morgan fingerprint density at radius 3 is 3.08 bits per heavy atom. The van der Waals surface area contributed by atoms with Crippen LogP contribution in [0.3, 0.4) is 0 Å². The number of hydrogen-bond acceptors (Lipinski definition) is 2.